The van der Waals surface area contributed by atoms with Crippen LogP contribution in [0.5, 0.6) is 5.75 Å². The third kappa shape index (κ3) is 2.77. The van der Waals surface area contributed by atoms with E-state index in [4.69, 9.17) is 4.74 Å². The lowest BCUT2D eigenvalue weighted by Gasteiger charge is -2.27. The van der Waals surface area contributed by atoms with Crippen LogP contribution in [-0.2, 0) is 12.8 Å². The Morgan fingerprint density at radius 3 is 2.62 bits per heavy atom. The molecule has 2 aromatic rings. The zero-order valence-electron chi connectivity index (χ0n) is 14.0. The molecule has 0 spiro atoms. The number of fused-ring (bicyclic) bond motifs is 3. The number of thiophene rings is 1. The number of carbonyl (C=O) groups is 1. The van der Waals surface area contributed by atoms with E-state index >= 15 is 0 Å². The SMILES string of the molecule is CC(C)Oc1ccc(C2NC(=O)c3c(sc4c3CCCC4)N2)cc1. The number of carbonyl (C=O) groups excluding carboxylic acids is 1. The molecule has 0 saturated heterocycles. The van der Waals surface area contributed by atoms with Gasteiger partial charge in [0.25, 0.3) is 5.91 Å². The van der Waals surface area contributed by atoms with Crippen LogP contribution >= 0.6 is 11.3 Å². The molecule has 1 aromatic carbocycles. The van der Waals surface area contributed by atoms with Crippen molar-refractivity contribution in [3.63, 3.8) is 0 Å². The monoisotopic (exact) mass is 342 g/mol. The Morgan fingerprint density at radius 2 is 1.88 bits per heavy atom. The third-order valence-electron chi connectivity index (χ3n) is 4.53. The number of hydrogen-bond acceptors (Lipinski definition) is 4. The summed E-state index contributed by atoms with van der Waals surface area (Å²) in [5.74, 6) is 0.902. The van der Waals surface area contributed by atoms with E-state index in [0.29, 0.717) is 0 Å². The Bertz CT molecular complexity index is 764. The number of rotatable bonds is 3. The van der Waals surface area contributed by atoms with Gasteiger partial charge in [-0.25, -0.2) is 0 Å². The molecule has 1 amide bonds. The van der Waals surface area contributed by atoms with Gasteiger partial charge in [-0.2, -0.15) is 0 Å². The van der Waals surface area contributed by atoms with Crippen molar-refractivity contribution in [2.75, 3.05) is 5.32 Å². The van der Waals surface area contributed by atoms with Crippen LogP contribution in [0.15, 0.2) is 24.3 Å². The molecule has 1 aliphatic heterocycles. The van der Waals surface area contributed by atoms with Gasteiger partial charge in [0.15, 0.2) is 0 Å². The fourth-order valence-corrected chi connectivity index (χ4v) is 4.77. The molecule has 2 heterocycles. The van der Waals surface area contributed by atoms with E-state index in [-0.39, 0.29) is 18.2 Å². The van der Waals surface area contributed by atoms with Crippen LogP contribution < -0.4 is 15.4 Å². The third-order valence-corrected chi connectivity index (χ3v) is 5.76. The van der Waals surface area contributed by atoms with Crippen molar-refractivity contribution in [2.24, 2.45) is 0 Å². The maximum atomic E-state index is 12.6. The van der Waals surface area contributed by atoms with Crippen LogP contribution in [0.1, 0.15) is 59.2 Å². The van der Waals surface area contributed by atoms with Crippen LogP contribution in [0, 0.1) is 0 Å². The van der Waals surface area contributed by atoms with Crippen LogP contribution in [0.3, 0.4) is 0 Å². The lowest BCUT2D eigenvalue weighted by molar-refractivity contribution is 0.0935. The van der Waals surface area contributed by atoms with Crippen LogP contribution in [-0.4, -0.2) is 12.0 Å². The molecule has 0 radical (unpaired) electrons. The lowest BCUT2D eigenvalue weighted by Crippen LogP contribution is -2.38. The summed E-state index contributed by atoms with van der Waals surface area (Å²) in [5, 5.41) is 7.63. The van der Waals surface area contributed by atoms with E-state index in [0.717, 1.165) is 34.7 Å². The largest absolute Gasteiger partial charge is 0.491 e. The van der Waals surface area contributed by atoms with Gasteiger partial charge in [0.1, 0.15) is 16.9 Å². The van der Waals surface area contributed by atoms with Gasteiger partial charge >= 0.3 is 0 Å². The molecule has 126 valence electrons. The van der Waals surface area contributed by atoms with Crippen molar-refractivity contribution in [1.29, 1.82) is 0 Å². The minimum Gasteiger partial charge on any atom is -0.491 e. The molecule has 1 aliphatic carbocycles. The molecule has 0 saturated carbocycles. The Kier molecular flexibility index (Phi) is 3.96. The summed E-state index contributed by atoms with van der Waals surface area (Å²) in [6.45, 7) is 4.02. The van der Waals surface area contributed by atoms with E-state index in [1.807, 2.05) is 38.1 Å². The maximum Gasteiger partial charge on any atom is 0.256 e. The Morgan fingerprint density at radius 1 is 1.12 bits per heavy atom. The highest BCUT2D eigenvalue weighted by Crippen LogP contribution is 2.41. The first-order chi connectivity index (χ1) is 11.6. The average molecular weight is 342 g/mol. The second kappa shape index (κ2) is 6.13. The van der Waals surface area contributed by atoms with Crippen molar-refractivity contribution in [1.82, 2.24) is 5.32 Å². The maximum absolute atomic E-state index is 12.6. The summed E-state index contributed by atoms with van der Waals surface area (Å²) in [6.07, 6.45) is 4.52. The molecular formula is C19H22N2O2S. The van der Waals surface area contributed by atoms with Crippen molar-refractivity contribution >= 4 is 22.2 Å². The number of hydrogen-bond donors (Lipinski definition) is 2. The molecule has 2 aliphatic rings. The van der Waals surface area contributed by atoms with Gasteiger partial charge in [-0.15, -0.1) is 11.3 Å². The number of anilines is 1. The van der Waals surface area contributed by atoms with Crippen LogP contribution in [0.2, 0.25) is 0 Å². The average Bonchev–Trinajstić information content (AvgIpc) is 2.93. The summed E-state index contributed by atoms with van der Waals surface area (Å²) in [7, 11) is 0. The second-order valence-electron chi connectivity index (χ2n) is 6.70. The number of amides is 1. The van der Waals surface area contributed by atoms with Gasteiger partial charge in [0, 0.05) is 4.88 Å². The molecular weight excluding hydrogens is 320 g/mol. The highest BCUT2D eigenvalue weighted by atomic mass is 32.1. The number of nitrogens with one attached hydrogen (secondary N) is 2. The van der Waals surface area contributed by atoms with E-state index in [9.17, 15) is 4.79 Å². The first-order valence-corrected chi connectivity index (χ1v) is 9.42. The number of ether oxygens (including phenoxy) is 1. The second-order valence-corrected chi connectivity index (χ2v) is 7.81. The molecule has 5 heteroatoms. The van der Waals surface area contributed by atoms with Crippen LogP contribution in [0.25, 0.3) is 0 Å². The van der Waals surface area contributed by atoms with Gasteiger partial charge in [-0.05, 0) is 62.8 Å². The number of aryl methyl sites for hydroxylation is 1. The highest BCUT2D eigenvalue weighted by Gasteiger charge is 2.31. The van der Waals surface area contributed by atoms with E-state index in [1.165, 1.54) is 23.3 Å². The molecule has 1 aromatic heterocycles. The molecule has 0 fully saturated rings. The summed E-state index contributed by atoms with van der Waals surface area (Å²) in [5.41, 5.74) is 3.19. The Hall–Kier alpha value is -2.01. The van der Waals surface area contributed by atoms with Crippen molar-refractivity contribution in [3.05, 3.63) is 45.8 Å². The summed E-state index contributed by atoms with van der Waals surface area (Å²) in [6, 6.07) is 7.93. The van der Waals surface area contributed by atoms with E-state index in [1.54, 1.807) is 11.3 Å². The first kappa shape index (κ1) is 15.5. The van der Waals surface area contributed by atoms with Gasteiger partial charge in [-0.3, -0.25) is 4.79 Å². The Labute approximate surface area is 146 Å². The Balaban J connectivity index is 1.58. The zero-order valence-corrected chi connectivity index (χ0v) is 14.8. The summed E-state index contributed by atoms with van der Waals surface area (Å²) >= 11 is 1.75. The topological polar surface area (TPSA) is 50.4 Å². The minimum absolute atomic E-state index is 0.0515. The molecule has 4 nitrogen and oxygen atoms in total. The molecule has 1 unspecified atom stereocenters. The number of benzene rings is 1. The lowest BCUT2D eigenvalue weighted by atomic mass is 9.94. The minimum atomic E-state index is -0.182. The van der Waals surface area contributed by atoms with E-state index in [2.05, 4.69) is 10.6 Å². The fraction of sp³-hybridized carbons (Fsp3) is 0.421. The highest BCUT2D eigenvalue weighted by molar-refractivity contribution is 7.16. The molecule has 1 atom stereocenters. The van der Waals surface area contributed by atoms with Crippen LogP contribution in [0.4, 0.5) is 5.00 Å². The van der Waals surface area contributed by atoms with Crippen molar-refractivity contribution in [3.8, 4) is 5.75 Å². The zero-order chi connectivity index (χ0) is 16.7. The first-order valence-electron chi connectivity index (χ1n) is 8.60. The molecule has 0 bridgehead atoms. The predicted molar refractivity (Wildman–Crippen MR) is 97.0 cm³/mol. The quantitative estimate of drug-likeness (QED) is 0.876. The van der Waals surface area contributed by atoms with Gasteiger partial charge in [0.05, 0.1) is 11.7 Å². The summed E-state index contributed by atoms with van der Waals surface area (Å²) in [4.78, 5) is 14.0. The van der Waals surface area contributed by atoms with Crippen molar-refractivity contribution in [2.45, 2.75) is 51.8 Å². The predicted octanol–water partition coefficient (Wildman–Crippen LogP) is 4.27. The molecule has 4 rings (SSSR count). The van der Waals surface area contributed by atoms with Crippen molar-refractivity contribution < 1.29 is 9.53 Å². The van der Waals surface area contributed by atoms with Gasteiger partial charge < -0.3 is 15.4 Å². The smallest absolute Gasteiger partial charge is 0.256 e. The van der Waals surface area contributed by atoms with Gasteiger partial charge in [0.2, 0.25) is 0 Å². The molecule has 2 N–H and O–H groups in total. The normalized spacial score (nSPS) is 19.3. The van der Waals surface area contributed by atoms with E-state index < -0.39 is 0 Å². The summed E-state index contributed by atoms with van der Waals surface area (Å²) < 4.78 is 5.68. The van der Waals surface area contributed by atoms with Gasteiger partial charge in [-0.1, -0.05) is 12.1 Å². The standard InChI is InChI=1S/C19H22N2O2S/c1-11(2)23-13-9-7-12(8-10-13)17-20-18(22)16-14-5-3-4-6-15(14)24-19(16)21-17/h7-11,17,21H,3-6H2,1-2H3,(H,20,22). The molecule has 24 heavy (non-hydrogen) atoms. The fourth-order valence-electron chi connectivity index (χ4n) is 3.46.